The SMILES string of the molecule is C=N/C(N)=C(/Cc1ccccc1)N=C. The van der Waals surface area contributed by atoms with Gasteiger partial charge in [-0.15, -0.1) is 0 Å². The summed E-state index contributed by atoms with van der Waals surface area (Å²) in [6.07, 6.45) is 0.634. The molecule has 3 heteroatoms. The van der Waals surface area contributed by atoms with Crippen LogP contribution in [0.5, 0.6) is 0 Å². The number of nitrogens with zero attached hydrogens (tertiary/aromatic N) is 2. The molecule has 1 aromatic carbocycles. The van der Waals surface area contributed by atoms with Crippen molar-refractivity contribution in [3.8, 4) is 0 Å². The second kappa shape index (κ2) is 4.97. The molecule has 1 rings (SSSR count). The predicted molar refractivity (Wildman–Crippen MR) is 60.5 cm³/mol. The Morgan fingerprint density at radius 1 is 1.14 bits per heavy atom. The topological polar surface area (TPSA) is 50.7 Å². The summed E-state index contributed by atoms with van der Waals surface area (Å²) in [5, 5.41) is 0. The van der Waals surface area contributed by atoms with Crippen molar-refractivity contribution >= 4 is 13.4 Å². The van der Waals surface area contributed by atoms with Gasteiger partial charge in [0, 0.05) is 6.42 Å². The number of benzene rings is 1. The molecule has 2 N–H and O–H groups in total. The number of hydrogen-bond acceptors (Lipinski definition) is 3. The van der Waals surface area contributed by atoms with Crippen LogP contribution in [0.1, 0.15) is 5.56 Å². The quantitative estimate of drug-likeness (QED) is 0.717. The lowest BCUT2D eigenvalue weighted by Gasteiger charge is -2.03. The van der Waals surface area contributed by atoms with E-state index in [9.17, 15) is 0 Å². The Hall–Kier alpha value is -1.90. The third-order valence-electron chi connectivity index (χ3n) is 1.87. The van der Waals surface area contributed by atoms with Crippen LogP contribution in [0.3, 0.4) is 0 Å². The number of allylic oxidation sites excluding steroid dienone is 1. The maximum Gasteiger partial charge on any atom is 0.144 e. The first-order valence-corrected chi connectivity index (χ1v) is 4.24. The Balaban J connectivity index is 2.87. The maximum atomic E-state index is 5.59. The zero-order chi connectivity index (χ0) is 10.4. The Morgan fingerprint density at radius 3 is 2.29 bits per heavy atom. The minimum Gasteiger partial charge on any atom is -0.382 e. The second-order valence-electron chi connectivity index (χ2n) is 2.81. The summed E-state index contributed by atoms with van der Waals surface area (Å²) in [5.41, 5.74) is 7.38. The fourth-order valence-corrected chi connectivity index (χ4v) is 1.11. The molecule has 3 nitrogen and oxygen atoms in total. The van der Waals surface area contributed by atoms with Gasteiger partial charge in [0.1, 0.15) is 5.82 Å². The van der Waals surface area contributed by atoms with Crippen molar-refractivity contribution in [2.45, 2.75) is 6.42 Å². The van der Waals surface area contributed by atoms with Gasteiger partial charge in [0.15, 0.2) is 0 Å². The lowest BCUT2D eigenvalue weighted by molar-refractivity contribution is 1.04. The minimum absolute atomic E-state index is 0.337. The molecule has 0 aliphatic rings. The molecule has 0 heterocycles. The first kappa shape index (κ1) is 10.2. The van der Waals surface area contributed by atoms with Crippen LogP contribution in [-0.4, -0.2) is 13.4 Å². The molecule has 1 aromatic rings. The molecule has 0 aliphatic heterocycles. The van der Waals surface area contributed by atoms with E-state index in [1.807, 2.05) is 30.3 Å². The number of rotatable bonds is 4. The van der Waals surface area contributed by atoms with Crippen molar-refractivity contribution in [3.63, 3.8) is 0 Å². The summed E-state index contributed by atoms with van der Waals surface area (Å²) in [4.78, 5) is 7.45. The van der Waals surface area contributed by atoms with Crippen molar-refractivity contribution in [1.82, 2.24) is 0 Å². The number of nitrogens with two attached hydrogens (primary N) is 1. The average molecular weight is 187 g/mol. The highest BCUT2D eigenvalue weighted by Gasteiger charge is 2.00. The Bertz CT molecular complexity index is 352. The lowest BCUT2D eigenvalue weighted by Crippen LogP contribution is -2.00. The van der Waals surface area contributed by atoms with Crippen LogP contribution in [0.25, 0.3) is 0 Å². The molecule has 0 aliphatic carbocycles. The molecule has 72 valence electrons. The monoisotopic (exact) mass is 187 g/mol. The molecule has 14 heavy (non-hydrogen) atoms. The first-order chi connectivity index (χ1) is 6.77. The predicted octanol–water partition coefficient (Wildman–Crippen LogP) is 1.76. The molecule has 0 spiro atoms. The third-order valence-corrected chi connectivity index (χ3v) is 1.87. The highest BCUT2D eigenvalue weighted by molar-refractivity contribution is 5.36. The molecule has 0 fully saturated rings. The molecule has 0 unspecified atom stereocenters. The van der Waals surface area contributed by atoms with E-state index in [1.54, 1.807) is 0 Å². The van der Waals surface area contributed by atoms with Gasteiger partial charge in [-0.25, -0.2) is 4.99 Å². The van der Waals surface area contributed by atoms with Crippen molar-refractivity contribution in [3.05, 3.63) is 47.4 Å². The highest BCUT2D eigenvalue weighted by Crippen LogP contribution is 2.10. The van der Waals surface area contributed by atoms with E-state index in [0.29, 0.717) is 17.9 Å². The molecule has 0 atom stereocenters. The van der Waals surface area contributed by atoms with Crippen molar-refractivity contribution in [2.24, 2.45) is 15.7 Å². The summed E-state index contributed by atoms with van der Waals surface area (Å²) in [6, 6.07) is 9.90. The summed E-state index contributed by atoms with van der Waals surface area (Å²) >= 11 is 0. The molecule has 0 saturated heterocycles. The van der Waals surface area contributed by atoms with Gasteiger partial charge in [-0.2, -0.15) is 0 Å². The van der Waals surface area contributed by atoms with Crippen molar-refractivity contribution in [2.75, 3.05) is 0 Å². The van der Waals surface area contributed by atoms with Gasteiger partial charge in [0.25, 0.3) is 0 Å². The molecular formula is C11H13N3. The molecule has 0 radical (unpaired) electrons. The van der Waals surface area contributed by atoms with Crippen LogP contribution in [0.4, 0.5) is 0 Å². The third kappa shape index (κ3) is 2.55. The fourth-order valence-electron chi connectivity index (χ4n) is 1.11. The van der Waals surface area contributed by atoms with Crippen molar-refractivity contribution < 1.29 is 0 Å². The number of hydrogen-bond donors (Lipinski definition) is 1. The minimum atomic E-state index is 0.337. The van der Waals surface area contributed by atoms with Crippen LogP contribution in [0.15, 0.2) is 51.8 Å². The Labute approximate surface area is 83.7 Å². The van der Waals surface area contributed by atoms with Crippen LogP contribution < -0.4 is 5.73 Å². The van der Waals surface area contributed by atoms with Gasteiger partial charge >= 0.3 is 0 Å². The van der Waals surface area contributed by atoms with E-state index in [0.717, 1.165) is 5.56 Å². The van der Waals surface area contributed by atoms with E-state index in [1.165, 1.54) is 0 Å². The number of aliphatic imine (C=N–C) groups is 2. The van der Waals surface area contributed by atoms with E-state index in [-0.39, 0.29) is 0 Å². The second-order valence-corrected chi connectivity index (χ2v) is 2.81. The van der Waals surface area contributed by atoms with Gasteiger partial charge in [0.2, 0.25) is 0 Å². The smallest absolute Gasteiger partial charge is 0.144 e. The van der Waals surface area contributed by atoms with Crippen LogP contribution >= 0.6 is 0 Å². The summed E-state index contributed by atoms with van der Waals surface area (Å²) in [6.45, 7) is 6.80. The molecule has 0 aromatic heterocycles. The average Bonchev–Trinajstić information content (AvgIpc) is 2.26. The van der Waals surface area contributed by atoms with Crippen LogP contribution in [0.2, 0.25) is 0 Å². The van der Waals surface area contributed by atoms with E-state index in [2.05, 4.69) is 23.4 Å². The van der Waals surface area contributed by atoms with E-state index < -0.39 is 0 Å². The maximum absolute atomic E-state index is 5.59. The Morgan fingerprint density at radius 2 is 1.79 bits per heavy atom. The normalized spacial score (nSPS) is 11.7. The fraction of sp³-hybridized carbons (Fsp3) is 0.0909. The van der Waals surface area contributed by atoms with E-state index in [4.69, 9.17) is 5.73 Å². The van der Waals surface area contributed by atoms with Gasteiger partial charge in [-0.1, -0.05) is 30.3 Å². The highest BCUT2D eigenvalue weighted by atomic mass is 14.9. The Kier molecular flexibility index (Phi) is 3.61. The molecule has 0 saturated carbocycles. The zero-order valence-electron chi connectivity index (χ0n) is 7.98. The standard InChI is InChI=1S/C11H13N3/c1-13-10(11(12)14-2)8-9-6-4-3-5-7-9/h3-7H,1-2,8,12H2/b11-10-. The van der Waals surface area contributed by atoms with E-state index >= 15 is 0 Å². The van der Waals surface area contributed by atoms with Gasteiger partial charge < -0.3 is 5.73 Å². The molecule has 0 bridgehead atoms. The van der Waals surface area contributed by atoms with Gasteiger partial charge in [0.05, 0.1) is 5.70 Å². The zero-order valence-corrected chi connectivity index (χ0v) is 7.98. The lowest BCUT2D eigenvalue weighted by atomic mass is 10.1. The molecular weight excluding hydrogens is 174 g/mol. The molecule has 0 amide bonds. The van der Waals surface area contributed by atoms with Crippen LogP contribution in [0, 0.1) is 0 Å². The summed E-state index contributed by atoms with van der Waals surface area (Å²) in [5.74, 6) is 0.337. The first-order valence-electron chi connectivity index (χ1n) is 4.24. The van der Waals surface area contributed by atoms with Crippen molar-refractivity contribution in [1.29, 1.82) is 0 Å². The summed E-state index contributed by atoms with van der Waals surface area (Å²) < 4.78 is 0. The van der Waals surface area contributed by atoms with Crippen LogP contribution in [-0.2, 0) is 6.42 Å². The largest absolute Gasteiger partial charge is 0.382 e. The summed E-state index contributed by atoms with van der Waals surface area (Å²) in [7, 11) is 0. The van der Waals surface area contributed by atoms with Gasteiger partial charge in [-0.3, -0.25) is 4.99 Å². The van der Waals surface area contributed by atoms with Gasteiger partial charge in [-0.05, 0) is 19.0 Å².